The number of carbonyl (C=O) groups is 1. The standard InChI is InChI=1S/C16H23FN2O2/c1-3-9-16(21)11-18(12-16)10-15(20)19(4-2)14-7-5-13(17)6-8-14/h5-8,21H,3-4,9-12H2,1-2H3. The van der Waals surface area contributed by atoms with E-state index in [1.54, 1.807) is 17.0 Å². The molecule has 1 aliphatic rings. The number of hydrogen-bond acceptors (Lipinski definition) is 3. The molecule has 0 unspecified atom stereocenters. The normalized spacial score (nSPS) is 17.3. The Morgan fingerprint density at radius 2 is 1.95 bits per heavy atom. The number of aliphatic hydroxyl groups is 1. The van der Waals surface area contributed by atoms with Crippen molar-refractivity contribution >= 4 is 11.6 Å². The Kier molecular flexibility index (Phi) is 4.96. The molecule has 0 aliphatic carbocycles. The van der Waals surface area contributed by atoms with Gasteiger partial charge in [-0.2, -0.15) is 0 Å². The molecule has 1 saturated heterocycles. The molecule has 0 aromatic heterocycles. The third-order valence-corrected chi connectivity index (χ3v) is 3.87. The van der Waals surface area contributed by atoms with E-state index in [9.17, 15) is 14.3 Å². The molecule has 1 fully saturated rings. The molecular formula is C16H23FN2O2. The predicted octanol–water partition coefficient (Wildman–Crippen LogP) is 2.03. The first-order chi connectivity index (χ1) is 9.97. The maximum Gasteiger partial charge on any atom is 0.241 e. The number of carbonyl (C=O) groups excluding carboxylic acids is 1. The summed E-state index contributed by atoms with van der Waals surface area (Å²) in [6.07, 6.45) is 1.71. The van der Waals surface area contributed by atoms with E-state index in [1.807, 2.05) is 18.7 Å². The second-order valence-corrected chi connectivity index (χ2v) is 5.73. The average Bonchev–Trinajstić information content (AvgIpc) is 2.40. The summed E-state index contributed by atoms with van der Waals surface area (Å²) in [6, 6.07) is 5.93. The van der Waals surface area contributed by atoms with Crippen LogP contribution < -0.4 is 4.90 Å². The van der Waals surface area contributed by atoms with Crippen molar-refractivity contribution in [1.29, 1.82) is 0 Å². The third-order valence-electron chi connectivity index (χ3n) is 3.87. The van der Waals surface area contributed by atoms with Crippen LogP contribution in [0.15, 0.2) is 24.3 Å². The molecule has 2 rings (SSSR count). The number of anilines is 1. The average molecular weight is 294 g/mol. The first-order valence-electron chi connectivity index (χ1n) is 7.48. The van der Waals surface area contributed by atoms with Crippen LogP contribution in [0.5, 0.6) is 0 Å². The number of benzene rings is 1. The molecule has 0 bridgehead atoms. The minimum absolute atomic E-state index is 0.0253. The zero-order valence-electron chi connectivity index (χ0n) is 12.7. The molecule has 1 aromatic rings. The van der Waals surface area contributed by atoms with E-state index >= 15 is 0 Å². The molecule has 0 spiro atoms. The van der Waals surface area contributed by atoms with Gasteiger partial charge < -0.3 is 10.0 Å². The maximum atomic E-state index is 12.9. The van der Waals surface area contributed by atoms with Crippen molar-refractivity contribution in [3.63, 3.8) is 0 Å². The molecule has 0 saturated carbocycles. The molecule has 0 atom stereocenters. The summed E-state index contributed by atoms with van der Waals surface area (Å²) in [6.45, 7) is 5.86. The molecule has 4 nitrogen and oxygen atoms in total. The zero-order chi connectivity index (χ0) is 15.5. The van der Waals surface area contributed by atoms with Crippen LogP contribution in [0.4, 0.5) is 10.1 Å². The number of likely N-dealkylation sites (N-methyl/N-ethyl adjacent to an activating group) is 1. The van der Waals surface area contributed by atoms with Crippen LogP contribution in [-0.2, 0) is 4.79 Å². The SMILES string of the molecule is CCCC1(O)CN(CC(=O)N(CC)c2ccc(F)cc2)C1. The third kappa shape index (κ3) is 3.80. The van der Waals surface area contributed by atoms with Crippen molar-refractivity contribution in [3.8, 4) is 0 Å². The number of halogens is 1. The molecule has 5 heteroatoms. The summed E-state index contributed by atoms with van der Waals surface area (Å²) in [7, 11) is 0. The van der Waals surface area contributed by atoms with Gasteiger partial charge in [0.15, 0.2) is 0 Å². The summed E-state index contributed by atoms with van der Waals surface area (Å²) >= 11 is 0. The van der Waals surface area contributed by atoms with Crippen LogP contribution in [-0.4, -0.2) is 47.7 Å². The van der Waals surface area contributed by atoms with Crippen molar-refractivity contribution < 1.29 is 14.3 Å². The fraction of sp³-hybridized carbons (Fsp3) is 0.562. The van der Waals surface area contributed by atoms with Crippen LogP contribution in [0.25, 0.3) is 0 Å². The summed E-state index contributed by atoms with van der Waals surface area (Å²) in [5.74, 6) is -0.336. The number of likely N-dealkylation sites (tertiary alicyclic amines) is 1. The lowest BCUT2D eigenvalue weighted by Gasteiger charge is -2.46. The molecule has 116 valence electrons. The lowest BCUT2D eigenvalue weighted by molar-refractivity contribution is -0.131. The van der Waals surface area contributed by atoms with E-state index in [-0.39, 0.29) is 18.3 Å². The second kappa shape index (κ2) is 6.54. The van der Waals surface area contributed by atoms with Gasteiger partial charge in [0.1, 0.15) is 5.82 Å². The number of β-amino-alcohol motifs (C(OH)–C–C–N with tert-alkyl or cyclic N) is 1. The minimum Gasteiger partial charge on any atom is -0.387 e. The van der Waals surface area contributed by atoms with Crippen molar-refractivity contribution in [2.75, 3.05) is 31.1 Å². The summed E-state index contributed by atoms with van der Waals surface area (Å²) in [5.41, 5.74) is 0.0790. The molecule has 1 aromatic carbocycles. The number of amides is 1. The summed E-state index contributed by atoms with van der Waals surface area (Å²) in [4.78, 5) is 15.9. The highest BCUT2D eigenvalue weighted by molar-refractivity contribution is 5.94. The van der Waals surface area contributed by atoms with Gasteiger partial charge in [-0.05, 0) is 37.6 Å². The molecule has 1 amide bonds. The van der Waals surface area contributed by atoms with Crippen molar-refractivity contribution in [2.24, 2.45) is 0 Å². The van der Waals surface area contributed by atoms with Crippen LogP contribution in [0.2, 0.25) is 0 Å². The Morgan fingerprint density at radius 1 is 1.33 bits per heavy atom. The van der Waals surface area contributed by atoms with Crippen molar-refractivity contribution in [2.45, 2.75) is 32.3 Å². The second-order valence-electron chi connectivity index (χ2n) is 5.73. The van der Waals surface area contributed by atoms with Gasteiger partial charge in [-0.15, -0.1) is 0 Å². The molecule has 21 heavy (non-hydrogen) atoms. The monoisotopic (exact) mass is 294 g/mol. The van der Waals surface area contributed by atoms with Gasteiger partial charge in [0, 0.05) is 25.3 Å². The van der Waals surface area contributed by atoms with Crippen LogP contribution in [0.3, 0.4) is 0 Å². The minimum atomic E-state index is -0.623. The molecule has 1 aliphatic heterocycles. The Hall–Kier alpha value is -1.46. The van der Waals surface area contributed by atoms with E-state index in [4.69, 9.17) is 0 Å². The Bertz CT molecular complexity index is 484. The van der Waals surface area contributed by atoms with Gasteiger partial charge >= 0.3 is 0 Å². The van der Waals surface area contributed by atoms with Crippen molar-refractivity contribution in [3.05, 3.63) is 30.1 Å². The van der Waals surface area contributed by atoms with Gasteiger partial charge in [-0.3, -0.25) is 9.69 Å². The van der Waals surface area contributed by atoms with Crippen LogP contribution in [0, 0.1) is 5.82 Å². The Morgan fingerprint density at radius 3 is 2.48 bits per heavy atom. The Labute approximate surface area is 125 Å². The number of nitrogens with zero attached hydrogens (tertiary/aromatic N) is 2. The zero-order valence-corrected chi connectivity index (χ0v) is 12.7. The van der Waals surface area contributed by atoms with Gasteiger partial charge in [0.05, 0.1) is 12.1 Å². The number of rotatable bonds is 6. The molecular weight excluding hydrogens is 271 g/mol. The lowest BCUT2D eigenvalue weighted by atomic mass is 9.89. The highest BCUT2D eigenvalue weighted by atomic mass is 19.1. The lowest BCUT2D eigenvalue weighted by Crippen LogP contribution is -2.63. The van der Waals surface area contributed by atoms with Gasteiger partial charge in [0.25, 0.3) is 0 Å². The summed E-state index contributed by atoms with van der Waals surface area (Å²) in [5, 5.41) is 10.1. The fourth-order valence-electron chi connectivity index (χ4n) is 2.92. The van der Waals surface area contributed by atoms with Gasteiger partial charge in [-0.25, -0.2) is 4.39 Å². The topological polar surface area (TPSA) is 43.8 Å². The molecule has 1 N–H and O–H groups in total. The van der Waals surface area contributed by atoms with E-state index in [1.165, 1.54) is 12.1 Å². The van der Waals surface area contributed by atoms with Crippen LogP contribution >= 0.6 is 0 Å². The first-order valence-corrected chi connectivity index (χ1v) is 7.48. The van der Waals surface area contributed by atoms with E-state index in [0.717, 1.165) is 12.8 Å². The quantitative estimate of drug-likeness (QED) is 0.873. The summed E-state index contributed by atoms with van der Waals surface area (Å²) < 4.78 is 12.9. The van der Waals surface area contributed by atoms with Gasteiger partial charge in [0.2, 0.25) is 5.91 Å². The van der Waals surface area contributed by atoms with Crippen molar-refractivity contribution in [1.82, 2.24) is 4.90 Å². The molecule has 0 radical (unpaired) electrons. The van der Waals surface area contributed by atoms with Crippen LogP contribution in [0.1, 0.15) is 26.7 Å². The smallest absolute Gasteiger partial charge is 0.241 e. The fourth-order valence-corrected chi connectivity index (χ4v) is 2.92. The molecule has 1 heterocycles. The highest BCUT2D eigenvalue weighted by Gasteiger charge is 2.41. The van der Waals surface area contributed by atoms with E-state index in [0.29, 0.717) is 25.3 Å². The van der Waals surface area contributed by atoms with E-state index < -0.39 is 5.60 Å². The predicted molar refractivity (Wildman–Crippen MR) is 80.7 cm³/mol. The Balaban J connectivity index is 1.92. The number of hydrogen-bond donors (Lipinski definition) is 1. The highest BCUT2D eigenvalue weighted by Crippen LogP contribution is 2.26. The largest absolute Gasteiger partial charge is 0.387 e. The van der Waals surface area contributed by atoms with Gasteiger partial charge in [-0.1, -0.05) is 13.3 Å². The maximum absolute atomic E-state index is 12.9. The van der Waals surface area contributed by atoms with E-state index in [2.05, 4.69) is 0 Å². The first kappa shape index (κ1) is 15.9.